The number of hydrogen-bond acceptors (Lipinski definition) is 8. The van der Waals surface area contributed by atoms with Gasteiger partial charge in [-0.3, -0.25) is 9.88 Å². The van der Waals surface area contributed by atoms with Gasteiger partial charge in [-0.05, 0) is 12.1 Å². The summed E-state index contributed by atoms with van der Waals surface area (Å²) in [6, 6.07) is 5.08. The molecule has 8 nitrogen and oxygen atoms in total. The van der Waals surface area contributed by atoms with Gasteiger partial charge in [0.25, 0.3) is 0 Å². The molecule has 0 atom stereocenters. The standard InChI is InChI=1S/C10H16N2O6S2.Cu/c13-19(14,15)7-5-12(6-8-20(16,17)18)9-10-3-1-2-4-11-10;/h1-4H,5-9H2,(H,13,14,15)(H,16,17,18);/q;+2/p-2. The summed E-state index contributed by atoms with van der Waals surface area (Å²) in [6.07, 6.45) is 1.53. The Morgan fingerprint density at radius 2 is 1.52 bits per heavy atom. The molecule has 0 N–H and O–H groups in total. The molecule has 21 heavy (non-hydrogen) atoms. The van der Waals surface area contributed by atoms with Crippen LogP contribution in [-0.2, 0) is 43.8 Å². The maximum Gasteiger partial charge on any atom is 2.00 e. The van der Waals surface area contributed by atoms with Gasteiger partial charge in [-0.1, -0.05) is 6.07 Å². The molecule has 1 aromatic rings. The van der Waals surface area contributed by atoms with Gasteiger partial charge in [0.05, 0.1) is 37.4 Å². The Balaban J connectivity index is 0.00000400. The summed E-state index contributed by atoms with van der Waals surface area (Å²) in [5.41, 5.74) is 0.582. The van der Waals surface area contributed by atoms with Gasteiger partial charge in [0.2, 0.25) is 0 Å². The fourth-order valence-corrected chi connectivity index (χ4v) is 2.44. The van der Waals surface area contributed by atoms with Gasteiger partial charge in [0, 0.05) is 25.8 Å². The first-order valence-corrected chi connectivity index (χ1v) is 8.80. The van der Waals surface area contributed by atoms with Crippen LogP contribution in [0.3, 0.4) is 0 Å². The third kappa shape index (κ3) is 10.8. The van der Waals surface area contributed by atoms with Gasteiger partial charge in [-0.25, -0.2) is 16.8 Å². The summed E-state index contributed by atoms with van der Waals surface area (Å²) in [6.45, 7) is -0.151. The zero-order chi connectivity index (χ0) is 15.2. The summed E-state index contributed by atoms with van der Waals surface area (Å²) < 4.78 is 63.7. The summed E-state index contributed by atoms with van der Waals surface area (Å²) >= 11 is 0. The van der Waals surface area contributed by atoms with Crippen molar-refractivity contribution in [2.45, 2.75) is 6.54 Å². The summed E-state index contributed by atoms with van der Waals surface area (Å²) in [4.78, 5) is 5.41. The van der Waals surface area contributed by atoms with Crippen molar-refractivity contribution >= 4 is 20.2 Å². The maximum atomic E-state index is 10.6. The first-order chi connectivity index (χ1) is 9.16. The topological polar surface area (TPSA) is 131 Å². The molecule has 0 aliphatic rings. The van der Waals surface area contributed by atoms with Crippen molar-refractivity contribution in [3.8, 4) is 0 Å². The first-order valence-electron chi connectivity index (χ1n) is 5.65. The van der Waals surface area contributed by atoms with Gasteiger partial charge >= 0.3 is 17.1 Å². The smallest absolute Gasteiger partial charge is 0.748 e. The minimum absolute atomic E-state index is 0. The summed E-state index contributed by atoms with van der Waals surface area (Å²) in [5, 5.41) is 0. The SMILES string of the molecule is O=S(=O)([O-])CCN(CCS(=O)(=O)[O-])Cc1ccccn1.[Cu+2]. The molecule has 0 amide bonds. The molecule has 0 fully saturated rings. The minimum Gasteiger partial charge on any atom is -0.748 e. The molecular formula is C10H14CuN2O6S2. The van der Waals surface area contributed by atoms with E-state index in [0.29, 0.717) is 5.69 Å². The number of pyridine rings is 1. The van der Waals surface area contributed by atoms with Crippen LogP contribution in [0, 0.1) is 0 Å². The molecular weight excluding hydrogens is 372 g/mol. The van der Waals surface area contributed by atoms with Crippen molar-refractivity contribution in [2.24, 2.45) is 0 Å². The molecule has 0 aromatic carbocycles. The number of nitrogens with zero attached hydrogens (tertiary/aromatic N) is 2. The predicted octanol–water partition coefficient (Wildman–Crippen LogP) is -1.03. The van der Waals surface area contributed by atoms with E-state index in [1.807, 2.05) is 0 Å². The van der Waals surface area contributed by atoms with Gasteiger partial charge in [-0.2, -0.15) is 0 Å². The van der Waals surface area contributed by atoms with Gasteiger partial charge < -0.3 is 9.11 Å². The van der Waals surface area contributed by atoms with E-state index in [2.05, 4.69) is 4.98 Å². The van der Waals surface area contributed by atoms with E-state index < -0.39 is 31.7 Å². The zero-order valence-corrected chi connectivity index (χ0v) is 13.4. The van der Waals surface area contributed by atoms with E-state index in [0.717, 1.165) is 0 Å². The predicted molar refractivity (Wildman–Crippen MR) is 68.6 cm³/mol. The van der Waals surface area contributed by atoms with E-state index in [4.69, 9.17) is 0 Å². The Bertz CT molecular complexity index is 584. The van der Waals surface area contributed by atoms with Gasteiger partial charge in [0.15, 0.2) is 0 Å². The average Bonchev–Trinajstić information content (AvgIpc) is 2.32. The van der Waals surface area contributed by atoms with Gasteiger partial charge in [-0.15, -0.1) is 0 Å². The Morgan fingerprint density at radius 3 is 1.90 bits per heavy atom. The van der Waals surface area contributed by atoms with Crippen LogP contribution >= 0.6 is 0 Å². The van der Waals surface area contributed by atoms with Crippen molar-refractivity contribution in [3.63, 3.8) is 0 Å². The second-order valence-corrected chi connectivity index (χ2v) is 7.17. The molecule has 1 aromatic heterocycles. The number of hydrogen-bond donors (Lipinski definition) is 0. The van der Waals surface area contributed by atoms with Crippen LogP contribution in [0.25, 0.3) is 0 Å². The van der Waals surface area contributed by atoms with Crippen molar-refractivity contribution in [3.05, 3.63) is 30.1 Å². The first kappa shape index (κ1) is 20.4. The molecule has 0 saturated heterocycles. The maximum absolute atomic E-state index is 10.6. The van der Waals surface area contributed by atoms with Gasteiger partial charge in [0.1, 0.15) is 0 Å². The largest absolute Gasteiger partial charge is 2.00 e. The average molecular weight is 386 g/mol. The second-order valence-electron chi connectivity index (χ2n) is 4.12. The van der Waals surface area contributed by atoms with E-state index in [-0.39, 0.29) is 36.7 Å². The normalized spacial score (nSPS) is 12.1. The summed E-state index contributed by atoms with van der Waals surface area (Å²) in [5.74, 6) is -1.31. The molecule has 1 rings (SSSR count). The molecule has 1 radical (unpaired) electrons. The second kappa shape index (κ2) is 8.79. The van der Waals surface area contributed by atoms with Crippen LogP contribution in [0.5, 0.6) is 0 Å². The molecule has 0 aliphatic heterocycles. The van der Waals surface area contributed by atoms with Crippen molar-refractivity contribution in [1.82, 2.24) is 9.88 Å². The molecule has 0 unspecified atom stereocenters. The zero-order valence-electron chi connectivity index (χ0n) is 10.8. The molecule has 11 heteroatoms. The molecule has 123 valence electrons. The molecule has 1 heterocycles. The minimum atomic E-state index is -4.40. The third-order valence-electron chi connectivity index (χ3n) is 2.43. The third-order valence-corrected chi connectivity index (χ3v) is 3.79. The van der Waals surface area contributed by atoms with Crippen LogP contribution in [0.2, 0.25) is 0 Å². The van der Waals surface area contributed by atoms with E-state index in [9.17, 15) is 25.9 Å². The van der Waals surface area contributed by atoms with Crippen molar-refractivity contribution in [1.29, 1.82) is 0 Å². The summed E-state index contributed by atoms with van der Waals surface area (Å²) in [7, 11) is -8.81. The van der Waals surface area contributed by atoms with Crippen LogP contribution in [-0.4, -0.2) is 60.4 Å². The fraction of sp³-hybridized carbons (Fsp3) is 0.500. The van der Waals surface area contributed by atoms with Crippen LogP contribution < -0.4 is 0 Å². The van der Waals surface area contributed by atoms with Crippen molar-refractivity contribution < 1.29 is 43.0 Å². The Labute approximate surface area is 134 Å². The van der Waals surface area contributed by atoms with E-state index in [1.54, 1.807) is 18.2 Å². The number of rotatable bonds is 8. The van der Waals surface area contributed by atoms with Crippen LogP contribution in [0.15, 0.2) is 24.4 Å². The number of aromatic nitrogens is 1. The molecule has 0 aliphatic carbocycles. The van der Waals surface area contributed by atoms with E-state index in [1.165, 1.54) is 11.1 Å². The Kier molecular flexibility index (Phi) is 8.56. The van der Waals surface area contributed by atoms with Crippen molar-refractivity contribution in [2.75, 3.05) is 24.6 Å². The fourth-order valence-electron chi connectivity index (χ4n) is 1.47. The quantitative estimate of drug-likeness (QED) is 0.410. The molecule has 0 spiro atoms. The monoisotopic (exact) mass is 385 g/mol. The Morgan fingerprint density at radius 1 is 1.00 bits per heavy atom. The van der Waals surface area contributed by atoms with E-state index >= 15 is 0 Å². The molecule has 0 bridgehead atoms. The van der Waals surface area contributed by atoms with Crippen LogP contribution in [0.1, 0.15) is 5.69 Å². The van der Waals surface area contributed by atoms with Crippen LogP contribution in [0.4, 0.5) is 0 Å². The molecule has 0 saturated carbocycles. The Hall–Kier alpha value is -0.551.